The number of hydrogen-bond donors (Lipinski definition) is 1. The van der Waals surface area contributed by atoms with Crippen LogP contribution in [0.2, 0.25) is 0 Å². The van der Waals surface area contributed by atoms with Gasteiger partial charge in [-0.15, -0.1) is 0 Å². The van der Waals surface area contributed by atoms with Crippen LogP contribution in [0.1, 0.15) is 19.2 Å². The molecule has 0 fully saturated rings. The molecule has 0 aliphatic rings. The van der Waals surface area contributed by atoms with Crippen molar-refractivity contribution in [2.24, 2.45) is 0 Å². The number of aryl methyl sites for hydroxylation is 1. The lowest BCUT2D eigenvalue weighted by atomic mass is 10.3. The summed E-state index contributed by atoms with van der Waals surface area (Å²) in [6.45, 7) is 2.04. The standard InChI is InChI=1S/C5H9N3O/c1-2-3-4-7-5(6)8-9-4/h2-3H2,1H3,(H2,6,8). The molecule has 0 saturated heterocycles. The van der Waals surface area contributed by atoms with Crippen LogP contribution in [-0.2, 0) is 6.42 Å². The van der Waals surface area contributed by atoms with E-state index in [0.29, 0.717) is 5.89 Å². The minimum Gasteiger partial charge on any atom is -0.365 e. The van der Waals surface area contributed by atoms with Crippen LogP contribution in [0.25, 0.3) is 0 Å². The summed E-state index contributed by atoms with van der Waals surface area (Å²) < 4.78 is 4.72. The highest BCUT2D eigenvalue weighted by molar-refractivity contribution is 5.10. The molecule has 1 rings (SSSR count). The molecule has 0 spiro atoms. The molecule has 0 amide bonds. The molecule has 4 heteroatoms. The van der Waals surface area contributed by atoms with Crippen molar-refractivity contribution >= 4 is 5.95 Å². The Hall–Kier alpha value is -1.06. The van der Waals surface area contributed by atoms with Crippen molar-refractivity contribution in [3.05, 3.63) is 5.89 Å². The van der Waals surface area contributed by atoms with Crippen LogP contribution >= 0.6 is 0 Å². The Morgan fingerprint density at radius 3 is 2.89 bits per heavy atom. The zero-order valence-corrected chi connectivity index (χ0v) is 5.29. The molecule has 0 aliphatic carbocycles. The fraction of sp³-hybridized carbons (Fsp3) is 0.600. The summed E-state index contributed by atoms with van der Waals surface area (Å²) in [4.78, 5) is 3.80. The maximum absolute atomic E-state index is 5.19. The second kappa shape index (κ2) is 2.48. The third-order valence-corrected chi connectivity index (χ3v) is 0.948. The molecule has 0 unspecified atom stereocenters. The second-order valence-electron chi connectivity index (χ2n) is 1.80. The molecule has 0 aliphatic heterocycles. The lowest BCUT2D eigenvalue weighted by Crippen LogP contribution is -1.87. The third-order valence-electron chi connectivity index (χ3n) is 0.948. The van der Waals surface area contributed by atoms with Crippen molar-refractivity contribution < 1.29 is 4.52 Å². The van der Waals surface area contributed by atoms with Gasteiger partial charge in [-0.05, 0) is 11.6 Å². The first-order valence-electron chi connectivity index (χ1n) is 2.91. The molecular weight excluding hydrogens is 118 g/mol. The van der Waals surface area contributed by atoms with Gasteiger partial charge in [-0.2, -0.15) is 4.98 Å². The van der Waals surface area contributed by atoms with Gasteiger partial charge in [0.1, 0.15) is 0 Å². The van der Waals surface area contributed by atoms with Gasteiger partial charge >= 0.3 is 0 Å². The number of rotatable bonds is 2. The Bertz CT molecular complexity index is 184. The Balaban J connectivity index is 2.61. The van der Waals surface area contributed by atoms with Crippen LogP contribution in [-0.4, -0.2) is 10.1 Å². The number of aromatic nitrogens is 2. The van der Waals surface area contributed by atoms with Gasteiger partial charge in [0.05, 0.1) is 0 Å². The van der Waals surface area contributed by atoms with Crippen molar-refractivity contribution in [1.82, 2.24) is 10.1 Å². The molecule has 2 N–H and O–H groups in total. The highest BCUT2D eigenvalue weighted by Crippen LogP contribution is 1.99. The smallest absolute Gasteiger partial charge is 0.260 e. The summed E-state index contributed by atoms with van der Waals surface area (Å²) in [5.41, 5.74) is 5.19. The van der Waals surface area contributed by atoms with Crippen molar-refractivity contribution in [3.63, 3.8) is 0 Å². The fourth-order valence-electron chi connectivity index (χ4n) is 0.583. The van der Waals surface area contributed by atoms with Crippen LogP contribution < -0.4 is 5.73 Å². The van der Waals surface area contributed by atoms with E-state index in [2.05, 4.69) is 10.1 Å². The topological polar surface area (TPSA) is 64.9 Å². The van der Waals surface area contributed by atoms with Gasteiger partial charge in [-0.3, -0.25) is 0 Å². The number of nitrogens with zero attached hydrogens (tertiary/aromatic N) is 2. The Labute approximate surface area is 53.1 Å². The summed E-state index contributed by atoms with van der Waals surface area (Å²) >= 11 is 0. The highest BCUT2D eigenvalue weighted by atomic mass is 16.5. The lowest BCUT2D eigenvalue weighted by molar-refractivity contribution is 0.378. The molecule has 4 nitrogen and oxygen atoms in total. The van der Waals surface area contributed by atoms with E-state index in [1.807, 2.05) is 6.92 Å². The van der Waals surface area contributed by atoms with E-state index in [1.165, 1.54) is 0 Å². The summed E-state index contributed by atoms with van der Waals surface area (Å²) in [7, 11) is 0. The highest BCUT2D eigenvalue weighted by Gasteiger charge is 1.98. The first kappa shape index (κ1) is 6.07. The largest absolute Gasteiger partial charge is 0.365 e. The maximum Gasteiger partial charge on any atom is 0.260 e. The quantitative estimate of drug-likeness (QED) is 0.632. The van der Waals surface area contributed by atoms with Crippen molar-refractivity contribution in [3.8, 4) is 0 Å². The molecule has 9 heavy (non-hydrogen) atoms. The van der Waals surface area contributed by atoms with Gasteiger partial charge in [0.2, 0.25) is 5.89 Å². The molecule has 0 bridgehead atoms. The average Bonchev–Trinajstić information content (AvgIpc) is 2.17. The number of anilines is 1. The normalized spacial score (nSPS) is 9.89. The van der Waals surface area contributed by atoms with Crippen LogP contribution in [0.4, 0.5) is 5.95 Å². The van der Waals surface area contributed by atoms with E-state index < -0.39 is 0 Å². The van der Waals surface area contributed by atoms with E-state index in [-0.39, 0.29) is 5.95 Å². The Morgan fingerprint density at radius 2 is 2.44 bits per heavy atom. The van der Waals surface area contributed by atoms with Crippen molar-refractivity contribution in [1.29, 1.82) is 0 Å². The molecule has 50 valence electrons. The van der Waals surface area contributed by atoms with Gasteiger partial charge in [0.25, 0.3) is 5.95 Å². The second-order valence-corrected chi connectivity index (χ2v) is 1.80. The molecule has 0 atom stereocenters. The van der Waals surface area contributed by atoms with Crippen molar-refractivity contribution in [2.45, 2.75) is 19.8 Å². The summed E-state index contributed by atoms with van der Waals surface area (Å²) in [5.74, 6) is 0.841. The van der Waals surface area contributed by atoms with E-state index >= 15 is 0 Å². The van der Waals surface area contributed by atoms with Gasteiger partial charge in [-0.25, -0.2) is 0 Å². The Kier molecular flexibility index (Phi) is 1.67. The maximum atomic E-state index is 5.19. The number of nitrogens with two attached hydrogens (primary N) is 1. The fourth-order valence-corrected chi connectivity index (χ4v) is 0.583. The summed E-state index contributed by atoms with van der Waals surface area (Å²) in [6, 6.07) is 0. The van der Waals surface area contributed by atoms with E-state index in [9.17, 15) is 0 Å². The first-order valence-corrected chi connectivity index (χ1v) is 2.91. The zero-order chi connectivity index (χ0) is 6.69. The van der Waals surface area contributed by atoms with Crippen LogP contribution in [0.3, 0.4) is 0 Å². The van der Waals surface area contributed by atoms with Gasteiger partial charge < -0.3 is 10.3 Å². The monoisotopic (exact) mass is 127 g/mol. The molecule has 0 radical (unpaired) electrons. The van der Waals surface area contributed by atoms with Gasteiger partial charge in [0.15, 0.2) is 0 Å². The van der Waals surface area contributed by atoms with E-state index in [0.717, 1.165) is 12.8 Å². The predicted octanol–water partition coefficient (Wildman–Crippen LogP) is 0.604. The summed E-state index contributed by atoms with van der Waals surface area (Å²) in [6.07, 6.45) is 1.81. The molecule has 1 heterocycles. The molecule has 0 saturated carbocycles. The van der Waals surface area contributed by atoms with Gasteiger partial charge in [-0.1, -0.05) is 6.92 Å². The van der Waals surface area contributed by atoms with Crippen molar-refractivity contribution in [2.75, 3.05) is 5.73 Å². The number of hydrogen-bond acceptors (Lipinski definition) is 4. The third kappa shape index (κ3) is 1.42. The Morgan fingerprint density at radius 1 is 1.67 bits per heavy atom. The zero-order valence-electron chi connectivity index (χ0n) is 5.29. The predicted molar refractivity (Wildman–Crippen MR) is 32.7 cm³/mol. The first-order chi connectivity index (χ1) is 4.33. The number of nitrogen functional groups attached to an aromatic ring is 1. The van der Waals surface area contributed by atoms with Crippen LogP contribution in [0.15, 0.2) is 4.52 Å². The SMILES string of the molecule is CCCc1nc(N)no1. The van der Waals surface area contributed by atoms with Crippen LogP contribution in [0.5, 0.6) is 0 Å². The lowest BCUT2D eigenvalue weighted by Gasteiger charge is -1.81. The average molecular weight is 127 g/mol. The van der Waals surface area contributed by atoms with E-state index in [1.54, 1.807) is 0 Å². The van der Waals surface area contributed by atoms with Crippen LogP contribution in [0, 0.1) is 0 Å². The molecule has 1 aromatic rings. The minimum absolute atomic E-state index is 0.221. The van der Waals surface area contributed by atoms with E-state index in [4.69, 9.17) is 10.3 Å². The molecule has 1 aromatic heterocycles. The minimum atomic E-state index is 0.221. The molecular formula is C5H9N3O. The summed E-state index contributed by atoms with van der Waals surface area (Å²) in [5, 5.41) is 3.43. The van der Waals surface area contributed by atoms with Gasteiger partial charge in [0, 0.05) is 6.42 Å². The molecule has 0 aromatic carbocycles.